The molecule has 1 amide bonds. The van der Waals surface area contributed by atoms with Gasteiger partial charge in [0.15, 0.2) is 0 Å². The lowest BCUT2D eigenvalue weighted by Gasteiger charge is -2.31. The zero-order valence-corrected chi connectivity index (χ0v) is 15.3. The predicted octanol–water partition coefficient (Wildman–Crippen LogP) is 3.77. The molecule has 1 aromatic rings. The average Bonchev–Trinajstić information content (AvgIpc) is 2.55. The molecule has 0 bridgehead atoms. The molecule has 0 aliphatic carbocycles. The van der Waals surface area contributed by atoms with Crippen molar-refractivity contribution in [2.45, 2.75) is 26.7 Å². The minimum Gasteiger partial charge on any atom is -0.492 e. The molecule has 1 saturated heterocycles. The molecule has 0 atom stereocenters. The first-order valence-electron chi connectivity index (χ1n) is 8.03. The predicted molar refractivity (Wildman–Crippen MR) is 101 cm³/mol. The summed E-state index contributed by atoms with van der Waals surface area (Å²) in [7, 11) is 0. The number of amides is 1. The van der Waals surface area contributed by atoms with Gasteiger partial charge in [0, 0.05) is 13.1 Å². The Morgan fingerprint density at radius 2 is 2.09 bits per heavy atom. The number of rotatable bonds is 5. The minimum atomic E-state index is -0.0603. The molecular weight excluding hydrogens is 328 g/mol. The SMILES string of the molecule is CCOc1ccccc1NC(=O)CSC(=S)N1CCC(C)CC1. The second-order valence-electron chi connectivity index (χ2n) is 5.70. The van der Waals surface area contributed by atoms with Crippen LogP contribution in [0.3, 0.4) is 0 Å². The highest BCUT2D eigenvalue weighted by Crippen LogP contribution is 2.24. The molecule has 1 fully saturated rings. The van der Waals surface area contributed by atoms with E-state index in [2.05, 4.69) is 17.1 Å². The van der Waals surface area contributed by atoms with E-state index in [4.69, 9.17) is 17.0 Å². The number of piperidine rings is 1. The van der Waals surface area contributed by atoms with Gasteiger partial charge in [-0.05, 0) is 37.8 Å². The maximum absolute atomic E-state index is 12.1. The Hall–Kier alpha value is -1.27. The van der Waals surface area contributed by atoms with E-state index >= 15 is 0 Å². The Balaban J connectivity index is 1.80. The number of thioether (sulfide) groups is 1. The van der Waals surface area contributed by atoms with E-state index in [1.54, 1.807) is 0 Å². The summed E-state index contributed by atoms with van der Waals surface area (Å²) in [6.45, 7) is 6.77. The molecule has 0 unspecified atom stereocenters. The van der Waals surface area contributed by atoms with Gasteiger partial charge in [0.1, 0.15) is 10.1 Å². The van der Waals surface area contributed by atoms with Crippen LogP contribution in [0.25, 0.3) is 0 Å². The van der Waals surface area contributed by atoms with E-state index in [1.807, 2.05) is 31.2 Å². The Kier molecular flexibility index (Phi) is 7.17. The molecule has 0 spiro atoms. The summed E-state index contributed by atoms with van der Waals surface area (Å²) in [5.41, 5.74) is 0.706. The third-order valence-electron chi connectivity index (χ3n) is 3.83. The molecular formula is C17H24N2O2S2. The zero-order valence-electron chi connectivity index (χ0n) is 13.7. The number of nitrogens with zero attached hydrogens (tertiary/aromatic N) is 1. The topological polar surface area (TPSA) is 41.6 Å². The Bertz CT molecular complexity index is 543. The molecule has 0 saturated carbocycles. The van der Waals surface area contributed by atoms with Gasteiger partial charge in [0.05, 0.1) is 18.0 Å². The highest BCUT2D eigenvalue weighted by atomic mass is 32.2. The first-order valence-corrected chi connectivity index (χ1v) is 9.43. The first-order chi connectivity index (χ1) is 11.1. The third kappa shape index (κ3) is 5.70. The van der Waals surface area contributed by atoms with Crippen LogP contribution in [0.15, 0.2) is 24.3 Å². The molecule has 1 aliphatic heterocycles. The van der Waals surface area contributed by atoms with E-state index in [0.29, 0.717) is 23.8 Å². The molecule has 126 valence electrons. The van der Waals surface area contributed by atoms with E-state index in [0.717, 1.165) is 23.3 Å². The van der Waals surface area contributed by atoms with Crippen molar-refractivity contribution in [1.82, 2.24) is 4.90 Å². The standard InChI is InChI=1S/C17H24N2O2S2/c1-3-21-15-7-5-4-6-14(15)18-16(20)12-23-17(22)19-10-8-13(2)9-11-19/h4-7,13H,3,8-12H2,1-2H3,(H,18,20). The third-order valence-corrected chi connectivity index (χ3v) is 5.35. The largest absolute Gasteiger partial charge is 0.492 e. The van der Waals surface area contributed by atoms with Crippen LogP contribution in [0.4, 0.5) is 5.69 Å². The molecule has 0 radical (unpaired) electrons. The van der Waals surface area contributed by atoms with Gasteiger partial charge in [-0.2, -0.15) is 0 Å². The van der Waals surface area contributed by atoms with Crippen molar-refractivity contribution in [1.29, 1.82) is 0 Å². The molecule has 1 N–H and O–H groups in total. The van der Waals surface area contributed by atoms with E-state index in [-0.39, 0.29) is 5.91 Å². The molecule has 23 heavy (non-hydrogen) atoms. The van der Waals surface area contributed by atoms with Crippen molar-refractivity contribution < 1.29 is 9.53 Å². The summed E-state index contributed by atoms with van der Waals surface area (Å²) >= 11 is 6.88. The number of thiocarbonyl (C=S) groups is 1. The minimum absolute atomic E-state index is 0.0603. The summed E-state index contributed by atoms with van der Waals surface area (Å²) in [5.74, 6) is 1.74. The highest BCUT2D eigenvalue weighted by Gasteiger charge is 2.19. The van der Waals surface area contributed by atoms with Crippen molar-refractivity contribution >= 4 is 39.9 Å². The Morgan fingerprint density at radius 3 is 2.78 bits per heavy atom. The van der Waals surface area contributed by atoms with Crippen molar-refractivity contribution in [3.63, 3.8) is 0 Å². The lowest BCUT2D eigenvalue weighted by molar-refractivity contribution is -0.113. The summed E-state index contributed by atoms with van der Waals surface area (Å²) in [4.78, 5) is 14.4. The van der Waals surface area contributed by atoms with Gasteiger partial charge in [-0.3, -0.25) is 4.79 Å². The molecule has 6 heteroatoms. The molecule has 1 aliphatic rings. The van der Waals surface area contributed by atoms with Crippen LogP contribution < -0.4 is 10.1 Å². The smallest absolute Gasteiger partial charge is 0.234 e. The average molecular weight is 353 g/mol. The van der Waals surface area contributed by atoms with Crippen molar-refractivity contribution in [2.24, 2.45) is 5.92 Å². The number of nitrogens with one attached hydrogen (secondary N) is 1. The van der Waals surface area contributed by atoms with Crippen LogP contribution in [0.2, 0.25) is 0 Å². The van der Waals surface area contributed by atoms with Crippen molar-refractivity contribution in [3.8, 4) is 5.75 Å². The van der Waals surface area contributed by atoms with Gasteiger partial charge >= 0.3 is 0 Å². The van der Waals surface area contributed by atoms with Crippen LogP contribution in [0.5, 0.6) is 5.75 Å². The number of para-hydroxylation sites is 2. The highest BCUT2D eigenvalue weighted by molar-refractivity contribution is 8.23. The fourth-order valence-corrected chi connectivity index (χ4v) is 3.50. The van der Waals surface area contributed by atoms with Crippen LogP contribution in [0, 0.1) is 5.92 Å². The second kappa shape index (κ2) is 9.13. The number of carbonyl (C=O) groups excluding carboxylic acids is 1. The maximum atomic E-state index is 12.1. The van der Waals surface area contributed by atoms with Crippen LogP contribution >= 0.6 is 24.0 Å². The van der Waals surface area contributed by atoms with Crippen LogP contribution in [-0.2, 0) is 4.79 Å². The lowest BCUT2D eigenvalue weighted by Crippen LogP contribution is -2.36. The number of benzene rings is 1. The fourth-order valence-electron chi connectivity index (χ4n) is 2.45. The van der Waals surface area contributed by atoms with Gasteiger partial charge in [-0.1, -0.05) is 43.0 Å². The van der Waals surface area contributed by atoms with Crippen LogP contribution in [-0.4, -0.2) is 40.6 Å². The Labute approximate surface area is 148 Å². The van der Waals surface area contributed by atoms with E-state index in [9.17, 15) is 4.79 Å². The fraction of sp³-hybridized carbons (Fsp3) is 0.529. The number of ether oxygens (including phenoxy) is 1. The van der Waals surface area contributed by atoms with Gasteiger partial charge in [0.25, 0.3) is 0 Å². The van der Waals surface area contributed by atoms with E-state index in [1.165, 1.54) is 24.6 Å². The number of likely N-dealkylation sites (tertiary alicyclic amines) is 1. The summed E-state index contributed by atoms with van der Waals surface area (Å²) in [6, 6.07) is 7.47. The molecule has 4 nitrogen and oxygen atoms in total. The Morgan fingerprint density at radius 1 is 1.39 bits per heavy atom. The second-order valence-corrected chi connectivity index (χ2v) is 7.31. The number of hydrogen-bond acceptors (Lipinski definition) is 4. The van der Waals surface area contributed by atoms with Crippen LogP contribution in [0.1, 0.15) is 26.7 Å². The van der Waals surface area contributed by atoms with Gasteiger partial charge in [0.2, 0.25) is 5.91 Å². The summed E-state index contributed by atoms with van der Waals surface area (Å²) in [5, 5.41) is 2.90. The number of anilines is 1. The van der Waals surface area contributed by atoms with Gasteiger partial charge < -0.3 is 15.0 Å². The van der Waals surface area contributed by atoms with E-state index < -0.39 is 0 Å². The molecule has 2 rings (SSSR count). The van der Waals surface area contributed by atoms with Crippen molar-refractivity contribution in [3.05, 3.63) is 24.3 Å². The maximum Gasteiger partial charge on any atom is 0.234 e. The van der Waals surface area contributed by atoms with Gasteiger partial charge in [-0.15, -0.1) is 0 Å². The molecule has 0 aromatic heterocycles. The quantitative estimate of drug-likeness (QED) is 0.817. The summed E-state index contributed by atoms with van der Waals surface area (Å²) < 4.78 is 6.34. The number of hydrogen-bond donors (Lipinski definition) is 1. The monoisotopic (exact) mass is 352 g/mol. The van der Waals surface area contributed by atoms with Crippen molar-refractivity contribution in [2.75, 3.05) is 30.8 Å². The summed E-state index contributed by atoms with van der Waals surface area (Å²) in [6.07, 6.45) is 2.35. The normalized spacial score (nSPS) is 15.3. The van der Waals surface area contributed by atoms with Gasteiger partial charge in [-0.25, -0.2) is 0 Å². The molecule has 1 aromatic carbocycles. The zero-order chi connectivity index (χ0) is 16.7. The first kappa shape index (κ1) is 18.1. The molecule has 1 heterocycles. The number of carbonyl (C=O) groups is 1. The lowest BCUT2D eigenvalue weighted by atomic mass is 10.00.